The van der Waals surface area contributed by atoms with Gasteiger partial charge in [0.2, 0.25) is 0 Å². The molecule has 0 radical (unpaired) electrons. The van der Waals surface area contributed by atoms with E-state index in [4.69, 9.17) is 0 Å². The number of hydrogen-bond donors (Lipinski definition) is 0. The Bertz CT molecular complexity index is 372. The third-order valence-corrected chi connectivity index (χ3v) is 4.29. The van der Waals surface area contributed by atoms with Crippen LogP contribution in [-0.4, -0.2) is 17.6 Å². The molecule has 0 N–H and O–H groups in total. The van der Waals surface area contributed by atoms with Crippen LogP contribution in [-0.2, 0) is 5.33 Å². The maximum atomic E-state index is 4.66. The standard InChI is InChI=1S/C14H21BrN2/c1-3-17(13-6-4-5-7-13)14-11(2)8-12(9-15)10-16-14/h8,10,13H,3-7,9H2,1-2H3. The summed E-state index contributed by atoms with van der Waals surface area (Å²) in [6.07, 6.45) is 7.40. The van der Waals surface area contributed by atoms with Gasteiger partial charge in [-0.3, -0.25) is 0 Å². The first-order valence-electron chi connectivity index (χ1n) is 6.54. The number of alkyl halides is 1. The Balaban J connectivity index is 2.23. The van der Waals surface area contributed by atoms with Crippen molar-refractivity contribution in [2.75, 3.05) is 11.4 Å². The van der Waals surface area contributed by atoms with E-state index in [1.54, 1.807) is 0 Å². The number of aromatic nitrogens is 1. The van der Waals surface area contributed by atoms with E-state index in [1.165, 1.54) is 42.6 Å². The summed E-state index contributed by atoms with van der Waals surface area (Å²) in [6.45, 7) is 5.47. The summed E-state index contributed by atoms with van der Waals surface area (Å²) < 4.78 is 0. The van der Waals surface area contributed by atoms with Crippen molar-refractivity contribution in [3.05, 3.63) is 23.4 Å². The largest absolute Gasteiger partial charge is 0.354 e. The highest BCUT2D eigenvalue weighted by molar-refractivity contribution is 9.08. The lowest BCUT2D eigenvalue weighted by atomic mass is 10.1. The predicted octanol–water partition coefficient (Wildman–Crippen LogP) is 4.05. The Morgan fingerprint density at radius 3 is 2.65 bits per heavy atom. The summed E-state index contributed by atoms with van der Waals surface area (Å²) in [4.78, 5) is 7.15. The second-order valence-corrected chi connectivity index (χ2v) is 5.40. The summed E-state index contributed by atoms with van der Waals surface area (Å²) in [5, 5.41) is 0.886. The molecule has 1 heterocycles. The molecule has 3 heteroatoms. The quantitative estimate of drug-likeness (QED) is 0.779. The fourth-order valence-electron chi connectivity index (χ4n) is 2.80. The highest BCUT2D eigenvalue weighted by atomic mass is 79.9. The molecular weight excluding hydrogens is 276 g/mol. The van der Waals surface area contributed by atoms with Gasteiger partial charge in [-0.2, -0.15) is 0 Å². The topological polar surface area (TPSA) is 16.1 Å². The zero-order valence-electron chi connectivity index (χ0n) is 10.7. The first-order chi connectivity index (χ1) is 8.26. The fourth-order valence-corrected chi connectivity index (χ4v) is 3.10. The van der Waals surface area contributed by atoms with Crippen LogP contribution in [0.25, 0.3) is 0 Å². The summed E-state index contributed by atoms with van der Waals surface area (Å²) in [6, 6.07) is 2.95. The van der Waals surface area contributed by atoms with Crippen molar-refractivity contribution < 1.29 is 0 Å². The first-order valence-corrected chi connectivity index (χ1v) is 7.66. The highest BCUT2D eigenvalue weighted by Gasteiger charge is 2.23. The monoisotopic (exact) mass is 296 g/mol. The molecule has 0 aliphatic heterocycles. The van der Waals surface area contributed by atoms with Gasteiger partial charge in [-0.15, -0.1) is 0 Å². The molecule has 1 aromatic heterocycles. The van der Waals surface area contributed by atoms with Crippen molar-refractivity contribution >= 4 is 21.7 Å². The summed E-state index contributed by atoms with van der Waals surface area (Å²) in [5.41, 5.74) is 2.56. The molecule has 0 bridgehead atoms. The third kappa shape index (κ3) is 2.82. The van der Waals surface area contributed by atoms with Crippen LogP contribution in [0.5, 0.6) is 0 Å². The normalized spacial score (nSPS) is 16.4. The molecule has 1 saturated carbocycles. The van der Waals surface area contributed by atoms with Crippen LogP contribution in [0, 0.1) is 6.92 Å². The van der Waals surface area contributed by atoms with Crippen LogP contribution < -0.4 is 4.90 Å². The molecule has 1 aliphatic rings. The average Bonchev–Trinajstić information content (AvgIpc) is 2.85. The fraction of sp³-hybridized carbons (Fsp3) is 0.643. The van der Waals surface area contributed by atoms with Gasteiger partial charge >= 0.3 is 0 Å². The number of hydrogen-bond acceptors (Lipinski definition) is 2. The number of pyridine rings is 1. The lowest BCUT2D eigenvalue weighted by Gasteiger charge is -2.30. The van der Waals surface area contributed by atoms with Gasteiger partial charge in [-0.25, -0.2) is 4.98 Å². The van der Waals surface area contributed by atoms with Crippen molar-refractivity contribution in [2.45, 2.75) is 50.9 Å². The minimum absolute atomic E-state index is 0.709. The van der Waals surface area contributed by atoms with Crippen LogP contribution in [0.3, 0.4) is 0 Å². The molecule has 1 fully saturated rings. The van der Waals surface area contributed by atoms with E-state index in [9.17, 15) is 0 Å². The van der Waals surface area contributed by atoms with E-state index in [-0.39, 0.29) is 0 Å². The maximum absolute atomic E-state index is 4.66. The SMILES string of the molecule is CCN(c1ncc(CBr)cc1C)C1CCCC1. The number of anilines is 1. The molecule has 1 aromatic rings. The molecule has 2 nitrogen and oxygen atoms in total. The van der Waals surface area contributed by atoms with Crippen molar-refractivity contribution in [1.82, 2.24) is 4.98 Å². The average molecular weight is 297 g/mol. The minimum Gasteiger partial charge on any atom is -0.354 e. The molecule has 0 amide bonds. The number of nitrogens with zero attached hydrogens (tertiary/aromatic N) is 2. The summed E-state index contributed by atoms with van der Waals surface area (Å²) in [5.74, 6) is 1.18. The van der Waals surface area contributed by atoms with Crippen LogP contribution in [0.2, 0.25) is 0 Å². The number of rotatable bonds is 4. The van der Waals surface area contributed by atoms with Gasteiger partial charge in [0.1, 0.15) is 5.82 Å². The van der Waals surface area contributed by atoms with Crippen LogP contribution in [0.1, 0.15) is 43.7 Å². The molecule has 0 unspecified atom stereocenters. The van der Waals surface area contributed by atoms with Gasteiger partial charge in [0.15, 0.2) is 0 Å². The van der Waals surface area contributed by atoms with Crippen molar-refractivity contribution in [3.8, 4) is 0 Å². The molecule has 0 saturated heterocycles. The van der Waals surface area contributed by atoms with Crippen molar-refractivity contribution in [2.24, 2.45) is 0 Å². The molecule has 2 rings (SSSR count). The van der Waals surface area contributed by atoms with Gasteiger partial charge in [-0.05, 0) is 37.8 Å². The molecule has 0 spiro atoms. The van der Waals surface area contributed by atoms with Gasteiger partial charge in [-0.1, -0.05) is 34.8 Å². The lowest BCUT2D eigenvalue weighted by molar-refractivity contribution is 0.611. The predicted molar refractivity (Wildman–Crippen MR) is 76.9 cm³/mol. The molecule has 17 heavy (non-hydrogen) atoms. The Morgan fingerprint density at radius 1 is 1.41 bits per heavy atom. The molecule has 0 atom stereocenters. The zero-order chi connectivity index (χ0) is 12.3. The van der Waals surface area contributed by atoms with E-state index < -0.39 is 0 Å². The van der Waals surface area contributed by atoms with E-state index in [2.05, 4.69) is 45.7 Å². The van der Waals surface area contributed by atoms with Gasteiger partial charge in [0.25, 0.3) is 0 Å². The molecule has 1 aliphatic carbocycles. The summed E-state index contributed by atoms with van der Waals surface area (Å²) in [7, 11) is 0. The molecular formula is C14H21BrN2. The Morgan fingerprint density at radius 2 is 2.12 bits per heavy atom. The van der Waals surface area contributed by atoms with E-state index in [1.807, 2.05) is 6.20 Å². The molecule has 94 valence electrons. The Kier molecular flexibility index (Phi) is 4.43. The number of aryl methyl sites for hydroxylation is 1. The lowest BCUT2D eigenvalue weighted by Crippen LogP contribution is -2.34. The first kappa shape index (κ1) is 12.9. The third-order valence-electron chi connectivity index (χ3n) is 3.64. The smallest absolute Gasteiger partial charge is 0.131 e. The van der Waals surface area contributed by atoms with Crippen LogP contribution in [0.4, 0.5) is 5.82 Å². The second kappa shape index (κ2) is 5.85. The van der Waals surface area contributed by atoms with Crippen LogP contribution in [0.15, 0.2) is 12.3 Å². The van der Waals surface area contributed by atoms with Crippen molar-refractivity contribution in [3.63, 3.8) is 0 Å². The van der Waals surface area contributed by atoms with E-state index in [0.717, 1.165) is 11.9 Å². The van der Waals surface area contributed by atoms with E-state index in [0.29, 0.717) is 6.04 Å². The van der Waals surface area contributed by atoms with Gasteiger partial charge in [0.05, 0.1) is 0 Å². The number of halogens is 1. The molecule has 0 aromatic carbocycles. The highest BCUT2D eigenvalue weighted by Crippen LogP contribution is 2.29. The maximum Gasteiger partial charge on any atom is 0.131 e. The van der Waals surface area contributed by atoms with Crippen molar-refractivity contribution in [1.29, 1.82) is 0 Å². The Hall–Kier alpha value is -0.570. The van der Waals surface area contributed by atoms with Gasteiger partial charge in [0, 0.05) is 24.1 Å². The van der Waals surface area contributed by atoms with E-state index >= 15 is 0 Å². The minimum atomic E-state index is 0.709. The second-order valence-electron chi connectivity index (χ2n) is 4.84. The zero-order valence-corrected chi connectivity index (χ0v) is 12.3. The summed E-state index contributed by atoms with van der Waals surface area (Å²) >= 11 is 3.48. The van der Waals surface area contributed by atoms with Gasteiger partial charge < -0.3 is 4.90 Å². The Labute approximate surface area is 113 Å². The van der Waals surface area contributed by atoms with Crippen LogP contribution >= 0.6 is 15.9 Å².